The number of rotatable bonds is 5. The van der Waals surface area contributed by atoms with Crippen molar-refractivity contribution in [3.8, 4) is 11.6 Å². The highest BCUT2D eigenvalue weighted by Crippen LogP contribution is 2.35. The maximum absolute atomic E-state index is 13.8. The highest BCUT2D eigenvalue weighted by Gasteiger charge is 2.40. The molecule has 13 heteroatoms. The topological polar surface area (TPSA) is 115 Å². The molecule has 0 saturated heterocycles. The lowest BCUT2D eigenvalue weighted by Gasteiger charge is -2.17. The van der Waals surface area contributed by atoms with E-state index in [4.69, 9.17) is 0 Å². The first-order valence-electron chi connectivity index (χ1n) is 12.1. The lowest BCUT2D eigenvalue weighted by Crippen LogP contribution is -2.26. The summed E-state index contributed by atoms with van der Waals surface area (Å²) in [4.78, 5) is 21.6. The van der Waals surface area contributed by atoms with Crippen LogP contribution < -0.4 is 10.6 Å². The van der Waals surface area contributed by atoms with Gasteiger partial charge in [-0.05, 0) is 56.3 Å². The molecule has 0 atom stereocenters. The fourth-order valence-electron chi connectivity index (χ4n) is 4.65. The van der Waals surface area contributed by atoms with E-state index in [2.05, 4.69) is 35.9 Å². The van der Waals surface area contributed by atoms with Crippen molar-refractivity contribution in [1.29, 1.82) is 0 Å². The van der Waals surface area contributed by atoms with Crippen LogP contribution in [0.3, 0.4) is 0 Å². The van der Waals surface area contributed by atoms with E-state index >= 15 is 0 Å². The number of benzene rings is 1. The van der Waals surface area contributed by atoms with Crippen LogP contribution in [-0.4, -0.2) is 46.8 Å². The number of ketones is 1. The third kappa shape index (κ3) is 4.50. The molecule has 0 fully saturated rings. The largest absolute Gasteiger partial charge is 0.435 e. The Hall–Kier alpha value is -4.65. The van der Waals surface area contributed by atoms with Gasteiger partial charge < -0.3 is 10.6 Å². The number of nitrogens with zero attached hydrogens (tertiary/aromatic N) is 7. The van der Waals surface area contributed by atoms with Crippen LogP contribution >= 0.6 is 0 Å². The van der Waals surface area contributed by atoms with Gasteiger partial charge in [0.2, 0.25) is 0 Å². The van der Waals surface area contributed by atoms with Gasteiger partial charge in [0.25, 0.3) is 0 Å². The third-order valence-corrected chi connectivity index (χ3v) is 6.50. The van der Waals surface area contributed by atoms with E-state index in [0.717, 1.165) is 11.4 Å². The number of imidazole rings is 1. The number of carbonyl (C=O) groups excluding carboxylic acids is 1. The quantitative estimate of drug-likeness (QED) is 0.321. The minimum atomic E-state index is -4.64. The maximum Gasteiger partial charge on any atom is 0.435 e. The molecule has 198 valence electrons. The van der Waals surface area contributed by atoms with Crippen molar-refractivity contribution < 1.29 is 18.0 Å². The molecule has 1 aliphatic heterocycles. The summed E-state index contributed by atoms with van der Waals surface area (Å²) in [5.74, 6) is 0.684. The number of halogens is 3. The van der Waals surface area contributed by atoms with E-state index in [-0.39, 0.29) is 29.3 Å². The fraction of sp³-hybridized carbons (Fsp3) is 0.231. The van der Waals surface area contributed by atoms with Crippen molar-refractivity contribution in [3.63, 3.8) is 0 Å². The molecule has 0 bridgehead atoms. The first-order chi connectivity index (χ1) is 18.7. The molecule has 1 aliphatic rings. The average Bonchev–Trinajstić information content (AvgIpc) is 3.51. The maximum atomic E-state index is 13.8. The van der Waals surface area contributed by atoms with Crippen molar-refractivity contribution in [1.82, 2.24) is 39.8 Å². The molecule has 0 saturated carbocycles. The van der Waals surface area contributed by atoms with Gasteiger partial charge in [0.15, 0.2) is 23.1 Å². The Morgan fingerprint density at radius 2 is 1.95 bits per heavy atom. The number of anilines is 2. The second-order valence-electron chi connectivity index (χ2n) is 9.21. The van der Waals surface area contributed by atoms with Gasteiger partial charge in [-0.25, -0.2) is 14.6 Å². The van der Waals surface area contributed by atoms with E-state index in [1.807, 2.05) is 37.3 Å². The van der Waals surface area contributed by atoms with Crippen LogP contribution in [0, 0.1) is 6.92 Å². The second kappa shape index (κ2) is 9.27. The van der Waals surface area contributed by atoms with Crippen molar-refractivity contribution in [2.75, 3.05) is 11.9 Å². The molecule has 0 radical (unpaired) electrons. The van der Waals surface area contributed by atoms with Gasteiger partial charge >= 0.3 is 6.18 Å². The molecule has 0 spiro atoms. The molecule has 0 amide bonds. The van der Waals surface area contributed by atoms with Crippen LogP contribution in [0.15, 0.2) is 48.8 Å². The number of aryl methyl sites for hydroxylation is 1. The lowest BCUT2D eigenvalue weighted by molar-refractivity contribution is -0.142. The smallest absolute Gasteiger partial charge is 0.339 e. The molecule has 10 nitrogen and oxygen atoms in total. The van der Waals surface area contributed by atoms with Gasteiger partial charge in [-0.3, -0.25) is 9.36 Å². The van der Waals surface area contributed by atoms with Crippen LogP contribution in [0.5, 0.6) is 0 Å². The zero-order valence-electron chi connectivity index (χ0n) is 20.9. The summed E-state index contributed by atoms with van der Waals surface area (Å²) < 4.78 is 44.3. The standard InChI is InChI=1S/C26H22F3N9O/c1-14-3-7-22(35-34-14)32-16-4-6-21-19(11-16)31-13-37(21)23-8-5-17(15(2)39)25(33-23)38-20-9-10-30-12-18(20)24(36-38)26(27,28)29/h3-8,11,13,30H,9-10,12H2,1-2H3,(H,32,35). The fourth-order valence-corrected chi connectivity index (χ4v) is 4.65. The molecular formula is C26H22F3N9O. The van der Waals surface area contributed by atoms with E-state index in [1.54, 1.807) is 23.0 Å². The average molecular weight is 534 g/mol. The zero-order valence-corrected chi connectivity index (χ0v) is 20.9. The van der Waals surface area contributed by atoms with E-state index < -0.39 is 11.9 Å². The van der Waals surface area contributed by atoms with Crippen molar-refractivity contribution >= 4 is 28.3 Å². The molecule has 0 aliphatic carbocycles. The minimum Gasteiger partial charge on any atom is -0.339 e. The van der Waals surface area contributed by atoms with Gasteiger partial charge in [0.1, 0.15) is 12.1 Å². The highest BCUT2D eigenvalue weighted by molar-refractivity contribution is 5.97. The Bertz CT molecular complexity index is 1720. The number of pyridine rings is 1. The van der Waals surface area contributed by atoms with Gasteiger partial charge in [0, 0.05) is 30.8 Å². The number of alkyl halides is 3. The lowest BCUT2D eigenvalue weighted by atomic mass is 10.1. The monoisotopic (exact) mass is 533 g/mol. The second-order valence-corrected chi connectivity index (χ2v) is 9.21. The van der Waals surface area contributed by atoms with Crippen LogP contribution in [0.4, 0.5) is 24.7 Å². The molecule has 2 N–H and O–H groups in total. The van der Waals surface area contributed by atoms with Gasteiger partial charge in [0.05, 0.1) is 28.0 Å². The number of carbonyl (C=O) groups is 1. The van der Waals surface area contributed by atoms with Crippen molar-refractivity contribution in [2.45, 2.75) is 33.0 Å². The third-order valence-electron chi connectivity index (χ3n) is 6.50. The summed E-state index contributed by atoms with van der Waals surface area (Å²) in [6.45, 7) is 3.73. The molecule has 39 heavy (non-hydrogen) atoms. The summed E-state index contributed by atoms with van der Waals surface area (Å²) in [6, 6.07) is 12.4. The summed E-state index contributed by atoms with van der Waals surface area (Å²) >= 11 is 0. The molecule has 1 aromatic carbocycles. The van der Waals surface area contributed by atoms with Crippen molar-refractivity contribution in [2.24, 2.45) is 0 Å². The normalized spacial score (nSPS) is 13.5. The Kier molecular flexibility index (Phi) is 5.87. The predicted molar refractivity (Wildman–Crippen MR) is 136 cm³/mol. The van der Waals surface area contributed by atoms with Gasteiger partial charge in [-0.15, -0.1) is 5.10 Å². The number of nitrogens with one attached hydrogen (secondary N) is 2. The Morgan fingerprint density at radius 3 is 2.69 bits per heavy atom. The van der Waals surface area contributed by atoms with Crippen LogP contribution in [0.2, 0.25) is 0 Å². The highest BCUT2D eigenvalue weighted by atomic mass is 19.4. The molecule has 5 heterocycles. The van der Waals surface area contributed by atoms with Crippen LogP contribution in [-0.2, 0) is 19.1 Å². The van der Waals surface area contributed by atoms with E-state index in [0.29, 0.717) is 41.3 Å². The van der Waals surface area contributed by atoms with Crippen molar-refractivity contribution in [3.05, 3.63) is 77.0 Å². The van der Waals surface area contributed by atoms with Crippen LogP contribution in [0.25, 0.3) is 22.7 Å². The van der Waals surface area contributed by atoms with Gasteiger partial charge in [-0.1, -0.05) is 0 Å². The van der Waals surface area contributed by atoms with E-state index in [1.165, 1.54) is 11.6 Å². The predicted octanol–water partition coefficient (Wildman–Crippen LogP) is 4.32. The SMILES string of the molecule is CC(=O)c1ccc(-n2cnc3cc(Nc4ccc(C)nn4)ccc32)nc1-n1nc(C(F)(F)F)c2c1CCNC2. The summed E-state index contributed by atoms with van der Waals surface area (Å²) in [5.41, 5.74) is 2.58. The first-order valence-corrected chi connectivity index (χ1v) is 12.1. The van der Waals surface area contributed by atoms with Gasteiger partial charge in [-0.2, -0.15) is 23.4 Å². The molecule has 4 aromatic heterocycles. The summed E-state index contributed by atoms with van der Waals surface area (Å²) in [7, 11) is 0. The molecule has 0 unspecified atom stereocenters. The Balaban J connectivity index is 1.43. The Morgan fingerprint density at radius 1 is 1.10 bits per heavy atom. The number of aromatic nitrogens is 7. The molecular weight excluding hydrogens is 511 g/mol. The first kappa shape index (κ1) is 24.7. The summed E-state index contributed by atoms with van der Waals surface area (Å²) in [6.07, 6.45) is -2.75. The summed E-state index contributed by atoms with van der Waals surface area (Å²) in [5, 5.41) is 18.2. The number of Topliss-reactive ketones (excluding diaryl/α,β-unsaturated/α-hetero) is 1. The van der Waals surface area contributed by atoms with Crippen LogP contribution in [0.1, 0.15) is 39.9 Å². The number of hydrogen-bond acceptors (Lipinski definition) is 8. The minimum absolute atomic E-state index is 0.0377. The Labute approximate surface area is 219 Å². The zero-order chi connectivity index (χ0) is 27.3. The number of hydrogen-bond donors (Lipinski definition) is 2. The number of fused-ring (bicyclic) bond motifs is 2. The molecule has 5 aromatic rings. The molecule has 6 rings (SSSR count). The van der Waals surface area contributed by atoms with E-state index in [9.17, 15) is 18.0 Å².